The van der Waals surface area contributed by atoms with E-state index in [0.29, 0.717) is 19.3 Å². The molecule has 0 saturated carbocycles. The average Bonchev–Trinajstić information content (AvgIpc) is 3.31. The lowest BCUT2D eigenvalue weighted by atomic mass is 10.0. The van der Waals surface area contributed by atoms with Gasteiger partial charge >= 0.3 is 17.9 Å². The van der Waals surface area contributed by atoms with Crippen LogP contribution in [0.5, 0.6) is 0 Å². The lowest BCUT2D eigenvalue weighted by molar-refractivity contribution is -0.167. The van der Waals surface area contributed by atoms with Crippen LogP contribution in [0.4, 0.5) is 0 Å². The minimum atomic E-state index is -0.760. The van der Waals surface area contributed by atoms with Gasteiger partial charge in [0, 0.05) is 19.3 Å². The average molecular weight is 934 g/mol. The van der Waals surface area contributed by atoms with Crippen molar-refractivity contribution < 1.29 is 28.6 Å². The molecular weight excluding hydrogens is 817 g/mol. The van der Waals surface area contributed by atoms with E-state index >= 15 is 0 Å². The number of carbonyl (C=O) groups is 3. The first kappa shape index (κ1) is 64.4. The van der Waals surface area contributed by atoms with Crippen LogP contribution in [-0.4, -0.2) is 37.2 Å². The Hall–Kier alpha value is -1.59. The molecule has 0 radical (unpaired) electrons. The molecule has 0 rings (SSSR count). The zero-order valence-electron chi connectivity index (χ0n) is 45.0. The van der Waals surface area contributed by atoms with Gasteiger partial charge in [0.05, 0.1) is 0 Å². The van der Waals surface area contributed by atoms with Crippen molar-refractivity contribution in [1.82, 2.24) is 0 Å². The number of ether oxygens (including phenoxy) is 3. The highest BCUT2D eigenvalue weighted by atomic mass is 16.6. The van der Waals surface area contributed by atoms with Crippen molar-refractivity contribution in [2.24, 2.45) is 0 Å². The highest BCUT2D eigenvalue weighted by molar-refractivity contribution is 5.71. The van der Waals surface area contributed by atoms with Gasteiger partial charge in [-0.05, 0) is 19.3 Å². The number of esters is 3. The lowest BCUT2D eigenvalue weighted by Gasteiger charge is -2.18. The first-order valence-electron chi connectivity index (χ1n) is 30.0. The molecule has 0 aromatic carbocycles. The second-order valence-corrected chi connectivity index (χ2v) is 20.6. The van der Waals surface area contributed by atoms with Crippen molar-refractivity contribution in [2.75, 3.05) is 13.2 Å². The minimum absolute atomic E-state index is 0.0621. The Kier molecular flexibility index (Phi) is 54.7. The fraction of sp³-hybridized carbons (Fsp3) is 0.950. The zero-order valence-corrected chi connectivity index (χ0v) is 45.0. The van der Waals surface area contributed by atoms with Crippen molar-refractivity contribution in [3.05, 3.63) is 0 Å². The number of unbranched alkanes of at least 4 members (excludes halogenated alkanes) is 45. The van der Waals surface area contributed by atoms with Gasteiger partial charge < -0.3 is 14.2 Å². The molecule has 0 spiro atoms. The Morgan fingerprint density at radius 3 is 0.606 bits per heavy atom. The molecule has 0 aliphatic rings. The van der Waals surface area contributed by atoms with E-state index in [4.69, 9.17) is 14.2 Å². The van der Waals surface area contributed by atoms with E-state index in [9.17, 15) is 14.4 Å². The molecule has 0 aromatic rings. The van der Waals surface area contributed by atoms with Gasteiger partial charge in [-0.3, -0.25) is 14.4 Å². The lowest BCUT2D eigenvalue weighted by Crippen LogP contribution is -2.30. The van der Waals surface area contributed by atoms with Crippen molar-refractivity contribution in [3.8, 4) is 0 Å². The number of hydrogen-bond donors (Lipinski definition) is 0. The fourth-order valence-corrected chi connectivity index (χ4v) is 9.33. The first-order chi connectivity index (χ1) is 32.5. The third-order valence-electron chi connectivity index (χ3n) is 13.9. The summed E-state index contributed by atoms with van der Waals surface area (Å²) in [5.41, 5.74) is 0. The summed E-state index contributed by atoms with van der Waals surface area (Å²) in [6, 6.07) is 0. The molecule has 1 atom stereocenters. The van der Waals surface area contributed by atoms with E-state index in [2.05, 4.69) is 20.8 Å². The molecular formula is C60H116O6. The van der Waals surface area contributed by atoms with E-state index in [1.165, 1.54) is 250 Å². The maximum atomic E-state index is 12.8. The van der Waals surface area contributed by atoms with Crippen molar-refractivity contribution in [2.45, 2.75) is 354 Å². The Labute approximate surface area is 412 Å². The summed E-state index contributed by atoms with van der Waals surface area (Å²) in [5.74, 6) is -0.844. The molecule has 392 valence electrons. The topological polar surface area (TPSA) is 78.9 Å². The van der Waals surface area contributed by atoms with E-state index in [0.717, 1.165) is 57.8 Å². The molecule has 66 heavy (non-hydrogen) atoms. The van der Waals surface area contributed by atoms with Crippen LogP contribution in [0.3, 0.4) is 0 Å². The molecule has 6 heteroatoms. The molecule has 0 aliphatic heterocycles. The van der Waals surface area contributed by atoms with Crippen LogP contribution < -0.4 is 0 Å². The predicted molar refractivity (Wildman–Crippen MR) is 284 cm³/mol. The summed E-state index contributed by atoms with van der Waals surface area (Å²) in [4.78, 5) is 37.9. The van der Waals surface area contributed by atoms with Crippen LogP contribution in [0.25, 0.3) is 0 Å². The number of hydrogen-bond acceptors (Lipinski definition) is 6. The summed E-state index contributed by atoms with van der Waals surface area (Å²) >= 11 is 0. The summed E-state index contributed by atoms with van der Waals surface area (Å²) in [6.07, 6.45) is 62.8. The Morgan fingerprint density at radius 2 is 0.409 bits per heavy atom. The van der Waals surface area contributed by atoms with Gasteiger partial charge in [-0.25, -0.2) is 0 Å². The van der Waals surface area contributed by atoms with Crippen molar-refractivity contribution in [1.29, 1.82) is 0 Å². The standard InChI is InChI=1S/C60H116O6/c1-4-7-10-13-16-18-20-22-24-26-28-29-30-31-33-34-36-38-40-42-44-47-50-53-59(62)65-56-57(55-64-58(61)52-49-46-15-12-9-6-3)66-60(63)54-51-48-45-43-41-39-37-35-32-27-25-23-21-19-17-14-11-8-5-2/h57H,4-56H2,1-3H3. The van der Waals surface area contributed by atoms with E-state index in [-0.39, 0.29) is 31.1 Å². The van der Waals surface area contributed by atoms with Gasteiger partial charge in [-0.15, -0.1) is 0 Å². The van der Waals surface area contributed by atoms with Gasteiger partial charge in [-0.1, -0.05) is 310 Å². The molecule has 0 fully saturated rings. The summed E-state index contributed by atoms with van der Waals surface area (Å²) in [6.45, 7) is 6.65. The predicted octanol–water partition coefficient (Wildman–Crippen LogP) is 19.9. The maximum absolute atomic E-state index is 12.8. The molecule has 0 saturated heterocycles. The van der Waals surface area contributed by atoms with Gasteiger partial charge in [0.2, 0.25) is 0 Å². The minimum Gasteiger partial charge on any atom is -0.462 e. The van der Waals surface area contributed by atoms with Crippen LogP contribution in [0.2, 0.25) is 0 Å². The SMILES string of the molecule is CCCCCCCCCCCCCCCCCCCCCCCCCC(=O)OCC(COC(=O)CCCCCCCC)OC(=O)CCCCCCCCCCCCCCCCCCCCC. The van der Waals surface area contributed by atoms with E-state index in [1.807, 2.05) is 0 Å². The first-order valence-corrected chi connectivity index (χ1v) is 30.0. The van der Waals surface area contributed by atoms with Crippen LogP contribution in [-0.2, 0) is 28.6 Å². The Morgan fingerprint density at radius 1 is 0.242 bits per heavy atom. The molecule has 0 amide bonds. The maximum Gasteiger partial charge on any atom is 0.306 e. The zero-order chi connectivity index (χ0) is 47.9. The number of carbonyl (C=O) groups excluding carboxylic acids is 3. The molecule has 0 heterocycles. The molecule has 0 aliphatic carbocycles. The quantitative estimate of drug-likeness (QED) is 0.0343. The molecule has 0 aromatic heterocycles. The van der Waals surface area contributed by atoms with Gasteiger partial charge in [-0.2, -0.15) is 0 Å². The van der Waals surface area contributed by atoms with Crippen LogP contribution in [0.15, 0.2) is 0 Å². The molecule has 6 nitrogen and oxygen atoms in total. The third-order valence-corrected chi connectivity index (χ3v) is 13.9. The molecule has 0 N–H and O–H groups in total. The van der Waals surface area contributed by atoms with Crippen LogP contribution in [0, 0.1) is 0 Å². The fourth-order valence-electron chi connectivity index (χ4n) is 9.33. The van der Waals surface area contributed by atoms with E-state index in [1.54, 1.807) is 0 Å². The van der Waals surface area contributed by atoms with Crippen LogP contribution in [0.1, 0.15) is 348 Å². The van der Waals surface area contributed by atoms with Gasteiger partial charge in [0.15, 0.2) is 6.10 Å². The Bertz CT molecular complexity index is 982. The largest absolute Gasteiger partial charge is 0.462 e. The third kappa shape index (κ3) is 53.4. The monoisotopic (exact) mass is 933 g/mol. The second kappa shape index (κ2) is 56.0. The van der Waals surface area contributed by atoms with Crippen molar-refractivity contribution >= 4 is 17.9 Å². The molecule has 1 unspecified atom stereocenters. The summed E-state index contributed by atoms with van der Waals surface area (Å²) < 4.78 is 16.8. The Balaban J connectivity index is 4.04. The normalized spacial score (nSPS) is 11.9. The highest BCUT2D eigenvalue weighted by Crippen LogP contribution is 2.18. The second-order valence-electron chi connectivity index (χ2n) is 20.6. The van der Waals surface area contributed by atoms with Crippen LogP contribution >= 0.6 is 0 Å². The smallest absolute Gasteiger partial charge is 0.306 e. The van der Waals surface area contributed by atoms with Gasteiger partial charge in [0.25, 0.3) is 0 Å². The highest BCUT2D eigenvalue weighted by Gasteiger charge is 2.19. The number of rotatable bonds is 56. The summed E-state index contributed by atoms with van der Waals surface area (Å²) in [7, 11) is 0. The van der Waals surface area contributed by atoms with Gasteiger partial charge in [0.1, 0.15) is 13.2 Å². The summed E-state index contributed by atoms with van der Waals surface area (Å²) in [5, 5.41) is 0. The molecule has 0 bridgehead atoms. The van der Waals surface area contributed by atoms with Crippen molar-refractivity contribution in [3.63, 3.8) is 0 Å². The van der Waals surface area contributed by atoms with E-state index < -0.39 is 6.10 Å².